The first-order valence-electron chi connectivity index (χ1n) is 6.23. The standard InChI is InChI=1S/C14H22N2/c1-11-5-4-6-14(9-11)16-8-7-12(2)15-10-13(16)3/h4-6,9,12-13,15H,7-8,10H2,1-3H3. The number of nitrogens with one attached hydrogen (secondary N) is 1. The van der Waals surface area contributed by atoms with Crippen LogP contribution < -0.4 is 10.2 Å². The Morgan fingerprint density at radius 1 is 1.31 bits per heavy atom. The first kappa shape index (κ1) is 11.5. The molecule has 1 aliphatic rings. The molecule has 2 nitrogen and oxygen atoms in total. The molecule has 0 spiro atoms. The van der Waals surface area contributed by atoms with Gasteiger partial charge in [-0.1, -0.05) is 12.1 Å². The van der Waals surface area contributed by atoms with Crippen LogP contribution in [0.5, 0.6) is 0 Å². The minimum absolute atomic E-state index is 0.576. The van der Waals surface area contributed by atoms with Gasteiger partial charge < -0.3 is 10.2 Å². The quantitative estimate of drug-likeness (QED) is 0.779. The van der Waals surface area contributed by atoms with Crippen molar-refractivity contribution in [3.05, 3.63) is 29.8 Å². The highest BCUT2D eigenvalue weighted by molar-refractivity contribution is 5.49. The van der Waals surface area contributed by atoms with Gasteiger partial charge in [-0.25, -0.2) is 0 Å². The highest BCUT2D eigenvalue weighted by atomic mass is 15.2. The molecular formula is C14H22N2. The van der Waals surface area contributed by atoms with Crippen LogP contribution in [0.3, 0.4) is 0 Å². The molecule has 0 saturated carbocycles. The van der Waals surface area contributed by atoms with Gasteiger partial charge in [0.1, 0.15) is 0 Å². The smallest absolute Gasteiger partial charge is 0.0386 e. The SMILES string of the molecule is Cc1cccc(N2CCC(C)NCC2C)c1. The van der Waals surface area contributed by atoms with E-state index in [4.69, 9.17) is 0 Å². The second kappa shape index (κ2) is 4.88. The fourth-order valence-corrected chi connectivity index (χ4v) is 2.33. The molecule has 1 heterocycles. The highest BCUT2D eigenvalue weighted by Gasteiger charge is 2.19. The van der Waals surface area contributed by atoms with E-state index in [1.165, 1.54) is 17.7 Å². The Morgan fingerprint density at radius 2 is 2.12 bits per heavy atom. The Morgan fingerprint density at radius 3 is 2.88 bits per heavy atom. The van der Waals surface area contributed by atoms with E-state index in [0.717, 1.165) is 13.1 Å². The number of nitrogens with zero attached hydrogens (tertiary/aromatic N) is 1. The van der Waals surface area contributed by atoms with Crippen molar-refractivity contribution in [1.29, 1.82) is 0 Å². The van der Waals surface area contributed by atoms with Crippen molar-refractivity contribution in [1.82, 2.24) is 5.32 Å². The summed E-state index contributed by atoms with van der Waals surface area (Å²) in [6.45, 7) is 8.96. The van der Waals surface area contributed by atoms with Crippen molar-refractivity contribution in [2.24, 2.45) is 0 Å². The summed E-state index contributed by atoms with van der Waals surface area (Å²) in [5, 5.41) is 3.57. The van der Waals surface area contributed by atoms with E-state index < -0.39 is 0 Å². The Kier molecular flexibility index (Phi) is 3.49. The Bertz CT molecular complexity index is 348. The molecule has 1 fully saturated rings. The summed E-state index contributed by atoms with van der Waals surface area (Å²) in [6, 6.07) is 10.0. The molecule has 1 aromatic carbocycles. The average Bonchev–Trinajstić information content (AvgIpc) is 2.42. The molecule has 2 unspecified atom stereocenters. The normalized spacial score (nSPS) is 26.6. The molecule has 1 aliphatic heterocycles. The van der Waals surface area contributed by atoms with Crippen molar-refractivity contribution in [2.75, 3.05) is 18.0 Å². The molecule has 88 valence electrons. The largest absolute Gasteiger partial charge is 0.367 e. The van der Waals surface area contributed by atoms with E-state index in [-0.39, 0.29) is 0 Å². The van der Waals surface area contributed by atoms with Crippen LogP contribution in [0.2, 0.25) is 0 Å². The molecule has 0 aromatic heterocycles. The molecule has 2 rings (SSSR count). The fraction of sp³-hybridized carbons (Fsp3) is 0.571. The topological polar surface area (TPSA) is 15.3 Å². The number of hydrogen-bond donors (Lipinski definition) is 1. The van der Waals surface area contributed by atoms with E-state index in [1.807, 2.05) is 0 Å². The maximum Gasteiger partial charge on any atom is 0.0386 e. The van der Waals surface area contributed by atoms with Crippen LogP contribution in [0.15, 0.2) is 24.3 Å². The van der Waals surface area contributed by atoms with Crippen molar-refractivity contribution in [3.8, 4) is 0 Å². The third-order valence-electron chi connectivity index (χ3n) is 3.43. The van der Waals surface area contributed by atoms with Crippen molar-refractivity contribution in [2.45, 2.75) is 39.3 Å². The van der Waals surface area contributed by atoms with Gasteiger partial charge >= 0.3 is 0 Å². The minimum Gasteiger partial charge on any atom is -0.367 e. The van der Waals surface area contributed by atoms with Gasteiger partial charge in [-0.2, -0.15) is 0 Å². The zero-order valence-corrected chi connectivity index (χ0v) is 10.5. The molecule has 1 aromatic rings. The lowest BCUT2D eigenvalue weighted by Crippen LogP contribution is -2.37. The Hall–Kier alpha value is -1.02. The van der Waals surface area contributed by atoms with Crippen LogP contribution in [0, 0.1) is 6.92 Å². The first-order chi connectivity index (χ1) is 7.66. The molecule has 1 saturated heterocycles. The minimum atomic E-state index is 0.576. The molecule has 0 amide bonds. The number of hydrogen-bond acceptors (Lipinski definition) is 2. The molecule has 16 heavy (non-hydrogen) atoms. The number of aryl methyl sites for hydroxylation is 1. The Labute approximate surface area is 98.7 Å². The van der Waals surface area contributed by atoms with Crippen molar-refractivity contribution >= 4 is 5.69 Å². The van der Waals surface area contributed by atoms with Gasteiger partial charge in [0.25, 0.3) is 0 Å². The van der Waals surface area contributed by atoms with Gasteiger partial charge in [0, 0.05) is 30.9 Å². The van der Waals surface area contributed by atoms with E-state index in [0.29, 0.717) is 12.1 Å². The predicted molar refractivity (Wildman–Crippen MR) is 70.1 cm³/mol. The predicted octanol–water partition coefficient (Wildman–Crippen LogP) is 2.57. The van der Waals surface area contributed by atoms with Crippen LogP contribution in [0.4, 0.5) is 5.69 Å². The molecule has 0 bridgehead atoms. The summed E-state index contributed by atoms with van der Waals surface area (Å²) in [5.74, 6) is 0. The lowest BCUT2D eigenvalue weighted by molar-refractivity contribution is 0.548. The second-order valence-corrected chi connectivity index (χ2v) is 4.98. The van der Waals surface area contributed by atoms with Gasteiger partial charge in [-0.15, -0.1) is 0 Å². The van der Waals surface area contributed by atoms with Crippen LogP contribution in [0.25, 0.3) is 0 Å². The molecule has 2 heteroatoms. The highest BCUT2D eigenvalue weighted by Crippen LogP contribution is 2.20. The molecule has 0 aliphatic carbocycles. The zero-order valence-electron chi connectivity index (χ0n) is 10.5. The first-order valence-corrected chi connectivity index (χ1v) is 6.23. The van der Waals surface area contributed by atoms with Gasteiger partial charge in [0.2, 0.25) is 0 Å². The summed E-state index contributed by atoms with van der Waals surface area (Å²) in [6.07, 6.45) is 1.22. The molecule has 2 atom stereocenters. The summed E-state index contributed by atoms with van der Waals surface area (Å²) >= 11 is 0. The van der Waals surface area contributed by atoms with Gasteiger partial charge in [-0.05, 0) is 44.9 Å². The lowest BCUT2D eigenvalue weighted by Gasteiger charge is -2.29. The van der Waals surface area contributed by atoms with Gasteiger partial charge in [0.05, 0.1) is 0 Å². The van der Waals surface area contributed by atoms with Crippen molar-refractivity contribution < 1.29 is 0 Å². The van der Waals surface area contributed by atoms with E-state index in [2.05, 4.69) is 55.3 Å². The number of rotatable bonds is 1. The average molecular weight is 218 g/mol. The summed E-state index contributed by atoms with van der Waals surface area (Å²) in [4.78, 5) is 2.52. The second-order valence-electron chi connectivity index (χ2n) is 4.98. The molecular weight excluding hydrogens is 196 g/mol. The fourth-order valence-electron chi connectivity index (χ4n) is 2.33. The van der Waals surface area contributed by atoms with E-state index in [9.17, 15) is 0 Å². The maximum atomic E-state index is 3.57. The van der Waals surface area contributed by atoms with E-state index in [1.54, 1.807) is 0 Å². The van der Waals surface area contributed by atoms with Crippen LogP contribution in [-0.4, -0.2) is 25.2 Å². The van der Waals surface area contributed by atoms with Crippen LogP contribution in [0.1, 0.15) is 25.8 Å². The zero-order chi connectivity index (χ0) is 11.5. The van der Waals surface area contributed by atoms with Gasteiger partial charge in [0.15, 0.2) is 0 Å². The number of anilines is 1. The molecule has 1 N–H and O–H groups in total. The summed E-state index contributed by atoms with van der Waals surface area (Å²) in [7, 11) is 0. The van der Waals surface area contributed by atoms with Crippen molar-refractivity contribution in [3.63, 3.8) is 0 Å². The van der Waals surface area contributed by atoms with Crippen LogP contribution >= 0.6 is 0 Å². The molecule has 0 radical (unpaired) electrons. The Balaban J connectivity index is 2.18. The monoisotopic (exact) mass is 218 g/mol. The van der Waals surface area contributed by atoms with Crippen LogP contribution in [-0.2, 0) is 0 Å². The summed E-state index contributed by atoms with van der Waals surface area (Å²) < 4.78 is 0. The third-order valence-corrected chi connectivity index (χ3v) is 3.43. The summed E-state index contributed by atoms with van der Waals surface area (Å²) in [5.41, 5.74) is 2.71. The lowest BCUT2D eigenvalue weighted by atomic mass is 10.1. The van der Waals surface area contributed by atoms with Gasteiger partial charge in [-0.3, -0.25) is 0 Å². The van der Waals surface area contributed by atoms with E-state index >= 15 is 0 Å². The number of benzene rings is 1. The maximum absolute atomic E-state index is 3.57. The third kappa shape index (κ3) is 2.56.